The quantitative estimate of drug-likeness (QED) is 0.640. The number of imidazole rings is 1. The standard InChI is InChI=1S/C15H12N2O/c1-11(18)12-5-7-13(8-6-12)14-10-16-15-4-2-3-9-17(14)15/h2-10H,1H3. The van der Waals surface area contributed by atoms with E-state index < -0.39 is 0 Å². The number of aromatic nitrogens is 2. The molecule has 0 saturated heterocycles. The summed E-state index contributed by atoms with van der Waals surface area (Å²) in [5.74, 6) is 0.0830. The van der Waals surface area contributed by atoms with E-state index in [-0.39, 0.29) is 5.78 Å². The SMILES string of the molecule is CC(=O)c1ccc(-c2cnc3ccccn23)cc1. The van der Waals surface area contributed by atoms with Crippen molar-refractivity contribution in [3.8, 4) is 11.3 Å². The number of rotatable bonds is 2. The Hall–Kier alpha value is -2.42. The van der Waals surface area contributed by atoms with Crippen molar-refractivity contribution in [2.24, 2.45) is 0 Å². The van der Waals surface area contributed by atoms with Gasteiger partial charge in [-0.2, -0.15) is 0 Å². The van der Waals surface area contributed by atoms with Crippen LogP contribution >= 0.6 is 0 Å². The van der Waals surface area contributed by atoms with Crippen LogP contribution in [0, 0.1) is 0 Å². The normalized spacial score (nSPS) is 10.7. The van der Waals surface area contributed by atoms with Gasteiger partial charge in [-0.05, 0) is 19.1 Å². The summed E-state index contributed by atoms with van der Waals surface area (Å²) in [4.78, 5) is 15.6. The summed E-state index contributed by atoms with van der Waals surface area (Å²) in [6.07, 6.45) is 3.83. The molecule has 3 aromatic rings. The van der Waals surface area contributed by atoms with E-state index in [4.69, 9.17) is 0 Å². The van der Waals surface area contributed by atoms with Crippen molar-refractivity contribution >= 4 is 11.4 Å². The molecule has 0 radical (unpaired) electrons. The molecule has 2 heterocycles. The lowest BCUT2D eigenvalue weighted by Gasteiger charge is -2.02. The Morgan fingerprint density at radius 2 is 1.89 bits per heavy atom. The van der Waals surface area contributed by atoms with Gasteiger partial charge in [0.25, 0.3) is 0 Å². The first kappa shape index (κ1) is 10.7. The number of Topliss-reactive ketones (excluding diaryl/α,β-unsaturated/α-hetero) is 1. The Labute approximate surface area is 105 Å². The molecular formula is C15H12N2O. The lowest BCUT2D eigenvalue weighted by Crippen LogP contribution is -1.92. The molecule has 0 amide bonds. The second kappa shape index (κ2) is 4.11. The summed E-state index contributed by atoms with van der Waals surface area (Å²) in [5, 5.41) is 0. The molecule has 0 bridgehead atoms. The lowest BCUT2D eigenvalue weighted by atomic mass is 10.1. The van der Waals surface area contributed by atoms with E-state index in [9.17, 15) is 4.79 Å². The molecule has 3 rings (SSSR count). The topological polar surface area (TPSA) is 34.4 Å². The van der Waals surface area contributed by atoms with Crippen LogP contribution in [0.2, 0.25) is 0 Å². The van der Waals surface area contributed by atoms with Crippen molar-refractivity contribution in [3.63, 3.8) is 0 Å². The third kappa shape index (κ3) is 1.70. The highest BCUT2D eigenvalue weighted by Gasteiger charge is 2.05. The molecule has 0 spiro atoms. The summed E-state index contributed by atoms with van der Waals surface area (Å²) in [5.41, 5.74) is 3.73. The Morgan fingerprint density at radius 1 is 1.11 bits per heavy atom. The number of hydrogen-bond acceptors (Lipinski definition) is 2. The first-order chi connectivity index (χ1) is 8.75. The fourth-order valence-electron chi connectivity index (χ4n) is 2.02. The van der Waals surface area contributed by atoms with Gasteiger partial charge < -0.3 is 0 Å². The summed E-state index contributed by atoms with van der Waals surface area (Å²) < 4.78 is 2.03. The molecule has 2 aromatic heterocycles. The number of hydrogen-bond donors (Lipinski definition) is 0. The minimum absolute atomic E-state index is 0.0830. The number of fused-ring (bicyclic) bond motifs is 1. The van der Waals surface area contributed by atoms with E-state index in [1.807, 2.05) is 59.3 Å². The maximum Gasteiger partial charge on any atom is 0.159 e. The fraction of sp³-hybridized carbons (Fsp3) is 0.0667. The van der Waals surface area contributed by atoms with E-state index in [1.165, 1.54) is 0 Å². The van der Waals surface area contributed by atoms with Crippen molar-refractivity contribution < 1.29 is 4.79 Å². The monoisotopic (exact) mass is 236 g/mol. The van der Waals surface area contributed by atoms with Crippen molar-refractivity contribution in [1.29, 1.82) is 0 Å². The highest BCUT2D eigenvalue weighted by Crippen LogP contribution is 2.21. The van der Waals surface area contributed by atoms with Crippen LogP contribution in [0.15, 0.2) is 54.9 Å². The second-order valence-electron chi connectivity index (χ2n) is 4.21. The highest BCUT2D eigenvalue weighted by atomic mass is 16.1. The first-order valence-electron chi connectivity index (χ1n) is 5.79. The Balaban J connectivity index is 2.12. The third-order valence-electron chi connectivity index (χ3n) is 3.00. The molecule has 0 atom stereocenters. The molecule has 1 aromatic carbocycles. The molecule has 0 aliphatic carbocycles. The number of carbonyl (C=O) groups excluding carboxylic acids is 1. The van der Waals surface area contributed by atoms with Gasteiger partial charge in [-0.25, -0.2) is 4.98 Å². The van der Waals surface area contributed by atoms with E-state index >= 15 is 0 Å². The van der Waals surface area contributed by atoms with E-state index in [0.29, 0.717) is 0 Å². The van der Waals surface area contributed by atoms with Crippen molar-refractivity contribution in [1.82, 2.24) is 9.38 Å². The number of pyridine rings is 1. The molecule has 0 N–H and O–H groups in total. The number of benzene rings is 1. The maximum atomic E-state index is 11.2. The molecule has 0 aliphatic rings. The number of ketones is 1. The fourth-order valence-corrected chi connectivity index (χ4v) is 2.02. The minimum Gasteiger partial charge on any atom is -0.300 e. The van der Waals surface area contributed by atoms with Gasteiger partial charge in [0.05, 0.1) is 11.9 Å². The molecular weight excluding hydrogens is 224 g/mol. The Kier molecular flexibility index (Phi) is 2.45. The molecule has 0 unspecified atom stereocenters. The summed E-state index contributed by atoms with van der Waals surface area (Å²) in [7, 11) is 0. The van der Waals surface area contributed by atoms with Crippen molar-refractivity contribution in [2.45, 2.75) is 6.92 Å². The largest absolute Gasteiger partial charge is 0.300 e. The van der Waals surface area contributed by atoms with Gasteiger partial charge in [0, 0.05) is 17.3 Å². The van der Waals surface area contributed by atoms with Gasteiger partial charge in [-0.1, -0.05) is 30.3 Å². The molecule has 0 fully saturated rings. The zero-order chi connectivity index (χ0) is 12.5. The minimum atomic E-state index is 0.0830. The van der Waals surface area contributed by atoms with Crippen LogP contribution in [0.25, 0.3) is 16.9 Å². The smallest absolute Gasteiger partial charge is 0.159 e. The molecule has 3 heteroatoms. The van der Waals surface area contributed by atoms with Crippen LogP contribution in [0.1, 0.15) is 17.3 Å². The van der Waals surface area contributed by atoms with Gasteiger partial charge >= 0.3 is 0 Å². The average Bonchev–Trinajstić information content (AvgIpc) is 2.82. The molecule has 0 aliphatic heterocycles. The Morgan fingerprint density at radius 3 is 2.61 bits per heavy atom. The maximum absolute atomic E-state index is 11.2. The predicted octanol–water partition coefficient (Wildman–Crippen LogP) is 3.20. The molecule has 0 saturated carbocycles. The molecule has 18 heavy (non-hydrogen) atoms. The van der Waals surface area contributed by atoms with Crippen LogP contribution < -0.4 is 0 Å². The lowest BCUT2D eigenvalue weighted by molar-refractivity contribution is 0.101. The van der Waals surface area contributed by atoms with Crippen LogP contribution in [0.5, 0.6) is 0 Å². The Bertz CT molecular complexity index is 711. The average molecular weight is 236 g/mol. The number of nitrogens with zero attached hydrogens (tertiary/aromatic N) is 2. The highest BCUT2D eigenvalue weighted by molar-refractivity contribution is 5.94. The first-order valence-corrected chi connectivity index (χ1v) is 5.79. The van der Waals surface area contributed by atoms with Crippen molar-refractivity contribution in [2.75, 3.05) is 0 Å². The second-order valence-corrected chi connectivity index (χ2v) is 4.21. The van der Waals surface area contributed by atoms with E-state index in [1.54, 1.807) is 6.92 Å². The summed E-state index contributed by atoms with van der Waals surface area (Å²) in [6, 6.07) is 13.5. The van der Waals surface area contributed by atoms with Gasteiger partial charge in [0.15, 0.2) is 5.78 Å². The number of carbonyl (C=O) groups is 1. The molecule has 3 nitrogen and oxygen atoms in total. The summed E-state index contributed by atoms with van der Waals surface area (Å²) in [6.45, 7) is 1.57. The van der Waals surface area contributed by atoms with Crippen LogP contribution in [0.3, 0.4) is 0 Å². The van der Waals surface area contributed by atoms with Crippen molar-refractivity contribution in [3.05, 3.63) is 60.4 Å². The predicted molar refractivity (Wildman–Crippen MR) is 70.6 cm³/mol. The van der Waals surface area contributed by atoms with Gasteiger partial charge in [0.1, 0.15) is 5.65 Å². The van der Waals surface area contributed by atoms with Gasteiger partial charge in [0.2, 0.25) is 0 Å². The van der Waals surface area contributed by atoms with Crippen LogP contribution in [-0.2, 0) is 0 Å². The van der Waals surface area contributed by atoms with E-state index in [2.05, 4.69) is 4.98 Å². The van der Waals surface area contributed by atoms with Gasteiger partial charge in [-0.15, -0.1) is 0 Å². The van der Waals surface area contributed by atoms with E-state index in [0.717, 1.165) is 22.5 Å². The summed E-state index contributed by atoms with van der Waals surface area (Å²) >= 11 is 0. The zero-order valence-corrected chi connectivity index (χ0v) is 10.00. The van der Waals surface area contributed by atoms with Crippen LogP contribution in [0.4, 0.5) is 0 Å². The third-order valence-corrected chi connectivity index (χ3v) is 3.00. The van der Waals surface area contributed by atoms with Crippen LogP contribution in [-0.4, -0.2) is 15.2 Å². The zero-order valence-electron chi connectivity index (χ0n) is 10.00. The molecule has 88 valence electrons. The van der Waals surface area contributed by atoms with Gasteiger partial charge in [-0.3, -0.25) is 9.20 Å².